The highest BCUT2D eigenvalue weighted by Gasteiger charge is 2.29. The highest BCUT2D eigenvalue weighted by atomic mass is 16.2. The van der Waals surface area contributed by atoms with Gasteiger partial charge in [0.1, 0.15) is 18.1 Å². The zero-order valence-corrected chi connectivity index (χ0v) is 22.2. The smallest absolute Gasteiger partial charge is 0.243 e. The molecular weight excluding hydrogens is 480 g/mol. The Hall–Kier alpha value is -4.12. The molecule has 8 heteroatoms. The van der Waals surface area contributed by atoms with Gasteiger partial charge in [-0.15, -0.1) is 0 Å². The van der Waals surface area contributed by atoms with E-state index < -0.39 is 29.9 Å². The summed E-state index contributed by atoms with van der Waals surface area (Å²) in [6.07, 6.45) is 1.10. The molecule has 0 radical (unpaired) electrons. The molecule has 0 aliphatic carbocycles. The van der Waals surface area contributed by atoms with Crippen LogP contribution in [-0.4, -0.2) is 41.8 Å². The van der Waals surface area contributed by atoms with Crippen molar-refractivity contribution in [2.45, 2.75) is 71.1 Å². The maximum absolute atomic E-state index is 13.4. The van der Waals surface area contributed by atoms with E-state index in [1.807, 2.05) is 68.4 Å². The minimum Gasteiger partial charge on any atom is -0.350 e. The van der Waals surface area contributed by atoms with Gasteiger partial charge in [0, 0.05) is 31.4 Å². The van der Waals surface area contributed by atoms with E-state index in [-0.39, 0.29) is 37.1 Å². The first-order chi connectivity index (χ1) is 18.2. The van der Waals surface area contributed by atoms with Crippen molar-refractivity contribution in [3.05, 3.63) is 71.3 Å². The van der Waals surface area contributed by atoms with Crippen molar-refractivity contribution < 1.29 is 19.2 Å². The maximum atomic E-state index is 13.4. The van der Waals surface area contributed by atoms with Gasteiger partial charge in [-0.1, -0.05) is 68.2 Å². The molecule has 2 aromatic carbocycles. The summed E-state index contributed by atoms with van der Waals surface area (Å²) in [6.45, 7) is 5.78. The molecule has 1 aliphatic heterocycles. The first-order valence-corrected chi connectivity index (χ1v) is 13.0. The maximum Gasteiger partial charge on any atom is 0.243 e. The molecule has 0 unspecified atom stereocenters. The van der Waals surface area contributed by atoms with Crippen LogP contribution in [-0.2, 0) is 32.1 Å². The standard InChI is InChI=1S/C30H36N4O4/c1-20(2)16-25-29(37)32-21(3)28(36)31-19-24-14-9-13-22(17-24)12-7-8-15-27(35)33-26(30(38)34-25)18-23-10-5-4-6-11-23/h4-6,9-11,13-14,17,20-21,25-26H,8,15-16,18-19H2,1-3H3,(H,31,36)(H,32,37)(H,33,35)(H,34,38)/t21-,25-,26-/m0/s1. The van der Waals surface area contributed by atoms with Crippen LogP contribution < -0.4 is 21.3 Å². The van der Waals surface area contributed by atoms with Crippen molar-refractivity contribution in [3.8, 4) is 11.8 Å². The molecule has 38 heavy (non-hydrogen) atoms. The van der Waals surface area contributed by atoms with Crippen LogP contribution >= 0.6 is 0 Å². The quantitative estimate of drug-likeness (QED) is 0.466. The van der Waals surface area contributed by atoms with E-state index in [0.717, 1.165) is 16.7 Å². The van der Waals surface area contributed by atoms with Crippen LogP contribution in [0.2, 0.25) is 0 Å². The zero-order chi connectivity index (χ0) is 27.5. The van der Waals surface area contributed by atoms with E-state index in [0.29, 0.717) is 12.8 Å². The fraction of sp³-hybridized carbons (Fsp3) is 0.400. The number of hydrogen-bond donors (Lipinski definition) is 4. The third kappa shape index (κ3) is 9.07. The summed E-state index contributed by atoms with van der Waals surface area (Å²) in [6, 6.07) is 14.3. The summed E-state index contributed by atoms with van der Waals surface area (Å²) in [5, 5.41) is 11.2. The number of nitrogens with one attached hydrogen (secondary N) is 4. The molecule has 3 rings (SSSR count). The highest BCUT2D eigenvalue weighted by Crippen LogP contribution is 2.09. The van der Waals surface area contributed by atoms with Gasteiger partial charge < -0.3 is 21.3 Å². The average Bonchev–Trinajstić information content (AvgIpc) is 2.89. The van der Waals surface area contributed by atoms with Crippen molar-refractivity contribution in [1.82, 2.24) is 21.3 Å². The lowest BCUT2D eigenvalue weighted by atomic mass is 10.0. The predicted octanol–water partition coefficient (Wildman–Crippen LogP) is 2.21. The second kappa shape index (κ2) is 14.0. The van der Waals surface area contributed by atoms with Crippen molar-refractivity contribution in [2.24, 2.45) is 5.92 Å². The fourth-order valence-corrected chi connectivity index (χ4v) is 4.12. The number of amides is 4. The molecule has 4 amide bonds. The molecule has 2 aromatic rings. The van der Waals surface area contributed by atoms with Crippen LogP contribution in [0.1, 0.15) is 56.7 Å². The molecule has 0 spiro atoms. The van der Waals surface area contributed by atoms with Gasteiger partial charge in [0.25, 0.3) is 0 Å². The SMILES string of the molecule is CC(C)C[C@@H]1NC(=O)[C@H](Cc2ccccc2)NC(=O)CCC#Cc2cccc(c2)CNC(=O)[C@H](C)NC1=O. The minimum atomic E-state index is -0.875. The van der Waals surface area contributed by atoms with Crippen LogP contribution in [0.3, 0.4) is 0 Å². The predicted molar refractivity (Wildman–Crippen MR) is 145 cm³/mol. The Bertz CT molecular complexity index is 1200. The van der Waals surface area contributed by atoms with Gasteiger partial charge in [-0.2, -0.15) is 0 Å². The third-order valence-corrected chi connectivity index (χ3v) is 6.13. The third-order valence-electron chi connectivity index (χ3n) is 6.13. The van der Waals surface area contributed by atoms with Crippen molar-refractivity contribution in [1.29, 1.82) is 0 Å². The van der Waals surface area contributed by atoms with E-state index in [4.69, 9.17) is 0 Å². The number of carbonyl (C=O) groups excluding carboxylic acids is 4. The average molecular weight is 517 g/mol. The molecule has 200 valence electrons. The van der Waals surface area contributed by atoms with E-state index in [1.54, 1.807) is 6.92 Å². The molecule has 0 aromatic heterocycles. The Morgan fingerprint density at radius 1 is 0.868 bits per heavy atom. The van der Waals surface area contributed by atoms with Gasteiger partial charge in [-0.05, 0) is 42.5 Å². The highest BCUT2D eigenvalue weighted by molar-refractivity contribution is 5.94. The summed E-state index contributed by atoms with van der Waals surface area (Å²) in [5.74, 6) is 4.62. The first-order valence-electron chi connectivity index (χ1n) is 13.0. The Kier molecular flexibility index (Phi) is 10.5. The van der Waals surface area contributed by atoms with Crippen LogP contribution in [0.4, 0.5) is 0 Å². The number of fused-ring (bicyclic) bond motifs is 2. The fourth-order valence-electron chi connectivity index (χ4n) is 4.12. The molecule has 0 saturated heterocycles. The second-order valence-electron chi connectivity index (χ2n) is 9.95. The molecule has 0 fully saturated rings. The Morgan fingerprint density at radius 2 is 1.61 bits per heavy atom. The Morgan fingerprint density at radius 3 is 2.34 bits per heavy atom. The van der Waals surface area contributed by atoms with Crippen LogP contribution in [0, 0.1) is 17.8 Å². The van der Waals surface area contributed by atoms with Crippen molar-refractivity contribution in [3.63, 3.8) is 0 Å². The number of benzene rings is 2. The van der Waals surface area contributed by atoms with Gasteiger partial charge in [0.05, 0.1) is 0 Å². The van der Waals surface area contributed by atoms with Gasteiger partial charge in [-0.3, -0.25) is 19.2 Å². The van der Waals surface area contributed by atoms with Crippen LogP contribution in [0.25, 0.3) is 0 Å². The molecule has 8 nitrogen and oxygen atoms in total. The molecular formula is C30H36N4O4. The van der Waals surface area contributed by atoms with Gasteiger partial charge in [0.15, 0.2) is 0 Å². The topological polar surface area (TPSA) is 116 Å². The number of carbonyl (C=O) groups is 4. The van der Waals surface area contributed by atoms with Crippen molar-refractivity contribution in [2.75, 3.05) is 0 Å². The van der Waals surface area contributed by atoms with Gasteiger partial charge in [-0.25, -0.2) is 0 Å². The molecule has 4 N–H and O–H groups in total. The molecule has 2 bridgehead atoms. The normalized spacial score (nSPS) is 21.4. The van der Waals surface area contributed by atoms with Crippen molar-refractivity contribution >= 4 is 23.6 Å². The number of hydrogen-bond acceptors (Lipinski definition) is 4. The van der Waals surface area contributed by atoms with Gasteiger partial charge >= 0.3 is 0 Å². The lowest BCUT2D eigenvalue weighted by Crippen LogP contribution is -2.56. The summed E-state index contributed by atoms with van der Waals surface area (Å²) in [5.41, 5.74) is 2.52. The van der Waals surface area contributed by atoms with Gasteiger partial charge in [0.2, 0.25) is 23.6 Å². The molecule has 1 aliphatic rings. The van der Waals surface area contributed by atoms with Crippen LogP contribution in [0.5, 0.6) is 0 Å². The lowest BCUT2D eigenvalue weighted by Gasteiger charge is -2.25. The van der Waals surface area contributed by atoms with Crippen LogP contribution in [0.15, 0.2) is 54.6 Å². The van der Waals surface area contributed by atoms with E-state index >= 15 is 0 Å². The summed E-state index contributed by atoms with van der Waals surface area (Å²) in [7, 11) is 0. The molecule has 3 atom stereocenters. The molecule has 1 heterocycles. The first kappa shape index (κ1) is 28.5. The number of rotatable bonds is 4. The monoisotopic (exact) mass is 516 g/mol. The minimum absolute atomic E-state index is 0.102. The molecule has 0 saturated carbocycles. The largest absolute Gasteiger partial charge is 0.350 e. The summed E-state index contributed by atoms with van der Waals surface area (Å²) in [4.78, 5) is 52.0. The Labute approximate surface area is 224 Å². The van der Waals surface area contributed by atoms with E-state index in [1.165, 1.54) is 0 Å². The second-order valence-corrected chi connectivity index (χ2v) is 9.95. The van der Waals surface area contributed by atoms with E-state index in [9.17, 15) is 19.2 Å². The Balaban J connectivity index is 1.88. The summed E-state index contributed by atoms with van der Waals surface area (Å²) >= 11 is 0. The summed E-state index contributed by atoms with van der Waals surface area (Å²) < 4.78 is 0. The zero-order valence-electron chi connectivity index (χ0n) is 22.2. The van der Waals surface area contributed by atoms with E-state index in [2.05, 4.69) is 33.1 Å². The lowest BCUT2D eigenvalue weighted by molar-refractivity contribution is -0.133.